The molecule has 4 rings (SSSR count). The van der Waals surface area contributed by atoms with E-state index in [9.17, 15) is 9.59 Å². The molecule has 1 saturated heterocycles. The van der Waals surface area contributed by atoms with Crippen LogP contribution in [0.1, 0.15) is 31.9 Å². The molecule has 2 amide bonds. The number of amides is 2. The van der Waals surface area contributed by atoms with E-state index >= 15 is 0 Å². The fraction of sp³-hybridized carbons (Fsp3) is 0.208. The molecule has 0 bridgehead atoms. The van der Waals surface area contributed by atoms with Gasteiger partial charge in [0.25, 0.3) is 11.8 Å². The van der Waals surface area contributed by atoms with Crippen LogP contribution in [0.15, 0.2) is 54.1 Å². The first kappa shape index (κ1) is 21.3. The number of benzene rings is 2. The molecule has 5 nitrogen and oxygen atoms in total. The van der Waals surface area contributed by atoms with Crippen molar-refractivity contribution in [3.8, 4) is 0 Å². The number of thiocarbonyl (C=S) groups is 1. The van der Waals surface area contributed by atoms with Crippen LogP contribution < -0.4 is 15.1 Å². The van der Waals surface area contributed by atoms with E-state index in [1.54, 1.807) is 30.3 Å². The summed E-state index contributed by atoms with van der Waals surface area (Å²) in [6, 6.07) is 12.7. The van der Waals surface area contributed by atoms with Gasteiger partial charge in [0.1, 0.15) is 5.57 Å². The van der Waals surface area contributed by atoms with Crippen molar-refractivity contribution in [2.75, 3.05) is 16.8 Å². The minimum atomic E-state index is -0.517. The third kappa shape index (κ3) is 3.77. The van der Waals surface area contributed by atoms with Crippen molar-refractivity contribution in [2.45, 2.75) is 26.3 Å². The van der Waals surface area contributed by atoms with Gasteiger partial charge >= 0.3 is 0 Å². The number of hydrogen-bond donors (Lipinski definition) is 1. The number of carbonyl (C=O) groups is 2. The second-order valence-corrected chi connectivity index (χ2v) is 9.08. The number of carbonyl (C=O) groups excluding carboxylic acids is 2. The SMILES string of the molecule is CC1=CC(C)(C)N(C)c2ccc(/C=C3\C(=O)NC(=S)N(c4cccc(Cl)c4)C3=O)cc21. The molecule has 2 aromatic rings. The second-order valence-electron chi connectivity index (χ2n) is 8.25. The minimum absolute atomic E-state index is 0.0136. The van der Waals surface area contributed by atoms with Crippen molar-refractivity contribution in [3.63, 3.8) is 0 Å². The van der Waals surface area contributed by atoms with Gasteiger partial charge in [-0.3, -0.25) is 19.8 Å². The molecule has 1 fully saturated rings. The zero-order valence-corrected chi connectivity index (χ0v) is 19.3. The predicted molar refractivity (Wildman–Crippen MR) is 130 cm³/mol. The maximum Gasteiger partial charge on any atom is 0.270 e. The van der Waals surface area contributed by atoms with Crippen LogP contribution in [0, 0.1) is 0 Å². The van der Waals surface area contributed by atoms with Crippen LogP contribution in [-0.4, -0.2) is 29.5 Å². The van der Waals surface area contributed by atoms with Crippen molar-refractivity contribution < 1.29 is 9.59 Å². The van der Waals surface area contributed by atoms with Gasteiger partial charge < -0.3 is 4.90 Å². The molecule has 2 aliphatic rings. The average molecular weight is 452 g/mol. The van der Waals surface area contributed by atoms with Crippen LogP contribution in [0.2, 0.25) is 5.02 Å². The molecule has 0 radical (unpaired) electrons. The Morgan fingerprint density at radius 1 is 1.13 bits per heavy atom. The molecule has 0 aromatic heterocycles. The molecule has 31 heavy (non-hydrogen) atoms. The van der Waals surface area contributed by atoms with E-state index in [2.05, 4.69) is 44.1 Å². The summed E-state index contributed by atoms with van der Waals surface area (Å²) in [5.74, 6) is -1.00. The molecule has 0 unspecified atom stereocenters. The third-order valence-corrected chi connectivity index (χ3v) is 6.24. The first-order chi connectivity index (χ1) is 14.6. The standard InChI is InChI=1S/C24H22ClN3O2S/c1-14-13-24(2,3)27(4)20-9-8-15(10-18(14)20)11-19-21(29)26-23(31)28(22(19)30)17-7-5-6-16(25)12-17/h5-13H,1-4H3,(H,26,29,31)/b19-11+. The summed E-state index contributed by atoms with van der Waals surface area (Å²) in [6.07, 6.45) is 3.81. The zero-order chi connectivity index (χ0) is 22.5. The summed E-state index contributed by atoms with van der Waals surface area (Å²) >= 11 is 11.3. The summed E-state index contributed by atoms with van der Waals surface area (Å²) in [5, 5.41) is 3.11. The average Bonchev–Trinajstić information content (AvgIpc) is 2.69. The maximum atomic E-state index is 13.2. The lowest BCUT2D eigenvalue weighted by Crippen LogP contribution is -2.54. The molecular formula is C24H22ClN3O2S. The Bertz CT molecular complexity index is 1200. The summed E-state index contributed by atoms with van der Waals surface area (Å²) in [6.45, 7) is 6.39. The quantitative estimate of drug-likeness (QED) is 0.404. The van der Waals surface area contributed by atoms with Gasteiger partial charge in [0.05, 0.1) is 11.2 Å². The largest absolute Gasteiger partial charge is 0.366 e. The van der Waals surface area contributed by atoms with E-state index in [-0.39, 0.29) is 16.2 Å². The highest BCUT2D eigenvalue weighted by Crippen LogP contribution is 2.38. The number of anilines is 2. The summed E-state index contributed by atoms with van der Waals surface area (Å²) in [7, 11) is 2.06. The Kier molecular flexibility index (Phi) is 5.23. The molecule has 0 atom stereocenters. The summed E-state index contributed by atoms with van der Waals surface area (Å²) < 4.78 is 0. The highest BCUT2D eigenvalue weighted by atomic mass is 35.5. The lowest BCUT2D eigenvalue weighted by atomic mass is 9.88. The van der Waals surface area contributed by atoms with E-state index in [1.165, 1.54) is 4.90 Å². The van der Waals surface area contributed by atoms with E-state index < -0.39 is 11.8 Å². The first-order valence-corrected chi connectivity index (χ1v) is 10.6. The third-order valence-electron chi connectivity index (χ3n) is 5.72. The molecule has 0 saturated carbocycles. The predicted octanol–water partition coefficient (Wildman–Crippen LogP) is 4.80. The Labute approximate surface area is 192 Å². The molecule has 0 aliphatic carbocycles. The lowest BCUT2D eigenvalue weighted by molar-refractivity contribution is -0.122. The Morgan fingerprint density at radius 2 is 1.87 bits per heavy atom. The van der Waals surface area contributed by atoms with Gasteiger partial charge in [-0.2, -0.15) is 0 Å². The minimum Gasteiger partial charge on any atom is -0.366 e. The fourth-order valence-corrected chi connectivity index (χ4v) is 4.41. The van der Waals surface area contributed by atoms with Crippen LogP contribution in [0.25, 0.3) is 11.6 Å². The van der Waals surface area contributed by atoms with Crippen LogP contribution in [0.4, 0.5) is 11.4 Å². The molecule has 0 spiro atoms. The van der Waals surface area contributed by atoms with Gasteiger partial charge in [-0.1, -0.05) is 29.8 Å². The highest BCUT2D eigenvalue weighted by molar-refractivity contribution is 7.80. The summed E-state index contributed by atoms with van der Waals surface area (Å²) in [5.41, 5.74) is 4.51. The topological polar surface area (TPSA) is 52.7 Å². The Balaban J connectivity index is 1.75. The van der Waals surface area contributed by atoms with Gasteiger partial charge in [-0.05, 0) is 80.5 Å². The number of likely N-dealkylation sites (N-methyl/N-ethyl adjacent to an activating group) is 1. The fourth-order valence-electron chi connectivity index (χ4n) is 3.94. The van der Waals surface area contributed by atoms with E-state index in [1.807, 2.05) is 18.2 Å². The number of fused-ring (bicyclic) bond motifs is 1. The molecular weight excluding hydrogens is 430 g/mol. The number of nitrogens with one attached hydrogen (secondary N) is 1. The van der Waals surface area contributed by atoms with Crippen molar-refractivity contribution in [2.24, 2.45) is 0 Å². The molecule has 2 aromatic carbocycles. The molecule has 1 N–H and O–H groups in total. The van der Waals surface area contributed by atoms with Gasteiger partial charge in [-0.25, -0.2) is 0 Å². The van der Waals surface area contributed by atoms with Crippen molar-refractivity contribution in [3.05, 3.63) is 70.3 Å². The number of rotatable bonds is 2. The molecule has 2 heterocycles. The van der Waals surface area contributed by atoms with Crippen LogP contribution in [0.3, 0.4) is 0 Å². The van der Waals surface area contributed by atoms with Gasteiger partial charge in [0, 0.05) is 23.3 Å². The zero-order valence-electron chi connectivity index (χ0n) is 17.7. The Hall–Kier alpha value is -2.96. The number of halogens is 1. The van der Waals surface area contributed by atoms with E-state index in [0.717, 1.165) is 22.4 Å². The monoisotopic (exact) mass is 451 g/mol. The van der Waals surface area contributed by atoms with Gasteiger partial charge in [0.2, 0.25) is 0 Å². The number of allylic oxidation sites excluding steroid dienone is 1. The lowest BCUT2D eigenvalue weighted by Gasteiger charge is -2.40. The normalized spacial score (nSPS) is 19.3. The summed E-state index contributed by atoms with van der Waals surface area (Å²) in [4.78, 5) is 29.3. The Morgan fingerprint density at radius 3 is 2.58 bits per heavy atom. The first-order valence-electron chi connectivity index (χ1n) is 9.83. The van der Waals surface area contributed by atoms with Crippen molar-refractivity contribution >= 4 is 63.8 Å². The van der Waals surface area contributed by atoms with Gasteiger partial charge in [0.15, 0.2) is 5.11 Å². The van der Waals surface area contributed by atoms with Gasteiger partial charge in [-0.15, -0.1) is 0 Å². The molecule has 7 heteroatoms. The number of hydrogen-bond acceptors (Lipinski definition) is 4. The van der Waals surface area contributed by atoms with Crippen molar-refractivity contribution in [1.29, 1.82) is 0 Å². The second kappa shape index (κ2) is 7.62. The van der Waals surface area contributed by atoms with Crippen LogP contribution in [-0.2, 0) is 9.59 Å². The van der Waals surface area contributed by atoms with E-state index in [4.69, 9.17) is 23.8 Å². The van der Waals surface area contributed by atoms with E-state index in [0.29, 0.717) is 10.7 Å². The maximum absolute atomic E-state index is 13.2. The highest BCUT2D eigenvalue weighted by Gasteiger charge is 2.35. The number of nitrogens with zero attached hydrogens (tertiary/aromatic N) is 2. The smallest absolute Gasteiger partial charge is 0.270 e. The van der Waals surface area contributed by atoms with Crippen LogP contribution >= 0.6 is 23.8 Å². The van der Waals surface area contributed by atoms with Crippen molar-refractivity contribution in [1.82, 2.24) is 5.32 Å². The van der Waals surface area contributed by atoms with Crippen LogP contribution in [0.5, 0.6) is 0 Å². The molecule has 2 aliphatic heterocycles. The molecule has 158 valence electrons.